The molecule has 3 aromatic carbocycles. The summed E-state index contributed by atoms with van der Waals surface area (Å²) in [5.41, 5.74) is 11.6. The summed E-state index contributed by atoms with van der Waals surface area (Å²) >= 11 is 6.10. The van der Waals surface area contributed by atoms with Gasteiger partial charge in [0.2, 0.25) is 0 Å². The average molecular weight is 781 g/mol. The number of aromatic nitrogens is 2. The van der Waals surface area contributed by atoms with Gasteiger partial charge in [0.1, 0.15) is 28.3 Å². The highest BCUT2D eigenvalue weighted by Crippen LogP contribution is 2.38. The fraction of sp³-hybridized carbons (Fsp3) is 0.468. The zero-order valence-electron chi connectivity index (χ0n) is 34.8. The standard InChI is InChI=1S/C47H61ClN4O4/c1-9-12-28-52-42-32-40(56-38-21-17-36(18-22-38)47(4,5)6)34-44(55-30-14-27-51(8)11-3)45(42)49-46(52)41-24-23-39(33-43(41)54-29-13-26-50(7)10-2)53-31-25-35-15-19-37(48)20-16-35/h15-22,32-34H,9-14,25-31H2,1-8H3. The van der Waals surface area contributed by atoms with E-state index in [1.807, 2.05) is 48.5 Å². The number of fused-ring (bicyclic) bond motifs is 1. The van der Waals surface area contributed by atoms with Crippen LogP contribution >= 0.6 is 11.6 Å². The second kappa shape index (κ2) is 20.7. The zero-order chi connectivity index (χ0) is 40.1. The number of imidazole rings is 1. The van der Waals surface area contributed by atoms with Gasteiger partial charge in [-0.3, -0.25) is 0 Å². The second-order valence-electron chi connectivity index (χ2n) is 15.5. The second-order valence-corrected chi connectivity index (χ2v) is 16.0. The molecule has 1 aliphatic carbocycles. The Hall–Kier alpha value is -4.42. The molecular formula is C47H61ClN4O4. The van der Waals surface area contributed by atoms with Crippen molar-refractivity contribution in [1.82, 2.24) is 19.4 Å². The van der Waals surface area contributed by atoms with Gasteiger partial charge in [0, 0.05) is 49.3 Å². The normalized spacial score (nSPS) is 12.9. The van der Waals surface area contributed by atoms with Gasteiger partial charge >= 0.3 is 0 Å². The Morgan fingerprint density at radius 3 is 2.09 bits per heavy atom. The molecule has 0 spiro atoms. The third-order valence-corrected chi connectivity index (χ3v) is 10.3. The van der Waals surface area contributed by atoms with Crippen molar-refractivity contribution in [2.75, 3.05) is 60.1 Å². The average Bonchev–Trinajstić information content (AvgIpc) is 3.55. The molecule has 1 aromatic heterocycles. The fourth-order valence-electron chi connectivity index (χ4n) is 6.28. The molecule has 0 unspecified atom stereocenters. The predicted octanol–water partition coefficient (Wildman–Crippen LogP) is 10.8. The minimum atomic E-state index is 0.0527. The Kier molecular flexibility index (Phi) is 15.8. The van der Waals surface area contributed by atoms with Crippen LogP contribution in [0, 0.1) is 0 Å². The molecule has 0 atom stereocenters. The molecule has 9 heteroatoms. The summed E-state index contributed by atoms with van der Waals surface area (Å²) < 4.78 is 28.1. The summed E-state index contributed by atoms with van der Waals surface area (Å²) in [6, 6.07) is 20.3. The third-order valence-electron chi connectivity index (χ3n) is 10.1. The van der Waals surface area contributed by atoms with E-state index in [4.69, 9.17) is 35.5 Å². The molecule has 1 aliphatic rings. The Morgan fingerprint density at radius 1 is 0.768 bits per heavy atom. The van der Waals surface area contributed by atoms with Crippen LogP contribution in [0.25, 0.3) is 16.6 Å². The van der Waals surface area contributed by atoms with Crippen LogP contribution in [0.1, 0.15) is 84.2 Å². The van der Waals surface area contributed by atoms with Crippen molar-refractivity contribution >= 4 is 28.2 Å². The molecule has 8 nitrogen and oxygen atoms in total. The summed E-state index contributed by atoms with van der Waals surface area (Å²) in [5.74, 6) is 4.15. The lowest BCUT2D eigenvalue weighted by Crippen LogP contribution is -2.20. The molecule has 4 aromatic rings. The maximum Gasteiger partial charge on any atom is 0.174 e. The smallest absolute Gasteiger partial charge is 0.174 e. The molecule has 300 valence electrons. The molecule has 56 heavy (non-hydrogen) atoms. The number of unbranched alkanes of at least 4 members (excludes halogenated alkanes) is 1. The Morgan fingerprint density at radius 2 is 1.45 bits per heavy atom. The van der Waals surface area contributed by atoms with E-state index in [1.165, 1.54) is 5.56 Å². The fourth-order valence-corrected chi connectivity index (χ4v) is 6.40. The first-order valence-electron chi connectivity index (χ1n) is 20.3. The molecule has 0 radical (unpaired) electrons. The van der Waals surface area contributed by atoms with Crippen molar-refractivity contribution in [2.24, 2.45) is 0 Å². The first-order valence-corrected chi connectivity index (χ1v) is 20.7. The van der Waals surface area contributed by atoms with Gasteiger partial charge in [0.25, 0.3) is 0 Å². The van der Waals surface area contributed by atoms with Gasteiger partial charge in [0.15, 0.2) is 17.3 Å². The Labute approximate surface area is 340 Å². The van der Waals surface area contributed by atoms with Gasteiger partial charge < -0.3 is 33.3 Å². The van der Waals surface area contributed by atoms with Gasteiger partial charge in [-0.1, -0.05) is 89.6 Å². The number of rotatable bonds is 22. The van der Waals surface area contributed by atoms with E-state index >= 15 is 0 Å². The molecular weight excluding hydrogens is 720 g/mol. The van der Waals surface area contributed by atoms with E-state index in [-0.39, 0.29) is 5.41 Å². The van der Waals surface area contributed by atoms with Crippen LogP contribution in [-0.4, -0.2) is 79.4 Å². The first kappa shape index (κ1) is 42.7. The van der Waals surface area contributed by atoms with Gasteiger partial charge in [-0.2, -0.15) is 0 Å². The van der Waals surface area contributed by atoms with Crippen LogP contribution in [0.3, 0.4) is 0 Å². The number of nitrogens with zero attached hydrogens (tertiary/aromatic N) is 4. The number of halogens is 1. The molecule has 5 rings (SSSR count). The molecule has 0 amide bonds. The highest BCUT2D eigenvalue weighted by Gasteiger charge is 2.24. The van der Waals surface area contributed by atoms with Crippen LogP contribution in [0.2, 0.25) is 5.02 Å². The van der Waals surface area contributed by atoms with Crippen LogP contribution < -0.4 is 9.47 Å². The quantitative estimate of drug-likeness (QED) is 0.0581. The molecule has 0 saturated carbocycles. The van der Waals surface area contributed by atoms with E-state index < -0.39 is 0 Å². The topological polar surface area (TPSA) is 61.2 Å². The number of hydrogen-bond donors (Lipinski definition) is 0. The first-order chi connectivity index (χ1) is 27.0. The van der Waals surface area contributed by atoms with Gasteiger partial charge in [-0.25, -0.2) is 4.98 Å². The van der Waals surface area contributed by atoms with Crippen molar-refractivity contribution < 1.29 is 18.9 Å². The maximum absolute atomic E-state index is 6.55. The van der Waals surface area contributed by atoms with Crippen molar-refractivity contribution in [3.8, 4) is 17.2 Å². The van der Waals surface area contributed by atoms with Crippen molar-refractivity contribution in [1.29, 1.82) is 0 Å². The minimum absolute atomic E-state index is 0.0527. The summed E-state index contributed by atoms with van der Waals surface area (Å²) in [5, 5.41) is 0.721. The molecule has 0 N–H and O–H groups in total. The summed E-state index contributed by atoms with van der Waals surface area (Å²) in [4.78, 5) is 9.87. The summed E-state index contributed by atoms with van der Waals surface area (Å²) in [6.07, 6.45) is 6.42. The summed E-state index contributed by atoms with van der Waals surface area (Å²) in [6.45, 7) is 19.4. The Balaban J connectivity index is 1.54. The van der Waals surface area contributed by atoms with Crippen LogP contribution in [0.4, 0.5) is 0 Å². The summed E-state index contributed by atoms with van der Waals surface area (Å²) in [7, 11) is 4.25. The van der Waals surface area contributed by atoms with Crippen LogP contribution in [0.5, 0.6) is 17.2 Å². The Bertz CT molecular complexity index is 2010. The number of benzene rings is 3. The van der Waals surface area contributed by atoms with E-state index in [0.717, 1.165) is 104 Å². The van der Waals surface area contributed by atoms with E-state index in [9.17, 15) is 0 Å². The number of ether oxygens (including phenoxy) is 4. The van der Waals surface area contributed by atoms with Crippen molar-refractivity contribution in [3.05, 3.63) is 112 Å². The molecule has 1 heterocycles. The van der Waals surface area contributed by atoms with Gasteiger partial charge in [0.05, 0.1) is 25.3 Å². The number of aryl methyl sites for hydroxylation is 1. The molecule has 0 saturated heterocycles. The van der Waals surface area contributed by atoms with Crippen molar-refractivity contribution in [3.63, 3.8) is 0 Å². The highest BCUT2D eigenvalue weighted by atomic mass is 35.5. The lowest BCUT2D eigenvalue weighted by Gasteiger charge is -2.19. The van der Waals surface area contributed by atoms with Gasteiger partial charge in [-0.05, 0) is 93.0 Å². The lowest BCUT2D eigenvalue weighted by atomic mass is 9.87. The maximum atomic E-state index is 6.55. The molecule has 0 bridgehead atoms. The number of allylic oxidation sites excluding steroid dienone is 2. The highest BCUT2D eigenvalue weighted by molar-refractivity contribution is 6.30. The van der Waals surface area contributed by atoms with E-state index in [2.05, 4.69) is 99.7 Å². The third kappa shape index (κ3) is 12.0. The molecule has 0 aliphatic heterocycles. The molecule has 0 fully saturated rings. The van der Waals surface area contributed by atoms with Crippen molar-refractivity contribution in [2.45, 2.75) is 85.6 Å². The lowest BCUT2D eigenvalue weighted by molar-refractivity contribution is 0.196. The minimum Gasteiger partial charge on any atom is -0.492 e. The van der Waals surface area contributed by atoms with Gasteiger partial charge in [-0.15, -0.1) is 0 Å². The van der Waals surface area contributed by atoms with Crippen LogP contribution in [0.15, 0.2) is 89.7 Å². The predicted molar refractivity (Wildman–Crippen MR) is 230 cm³/mol. The zero-order valence-corrected chi connectivity index (χ0v) is 35.6. The van der Waals surface area contributed by atoms with E-state index in [0.29, 0.717) is 42.8 Å². The number of hydrogen-bond acceptors (Lipinski definition) is 7. The monoisotopic (exact) mass is 780 g/mol. The SMILES string of the molecule is CCCCn1c(C2=C=C=C(OCCc3ccc(Cl)cc3)C=C2OCCCN(C)CC)nc2c(OCCCN(C)CC)cc(Oc3ccc(C(C)(C)C)cc3)cc21. The van der Waals surface area contributed by atoms with Crippen LogP contribution in [-0.2, 0) is 27.9 Å². The largest absolute Gasteiger partial charge is 0.492 e. The van der Waals surface area contributed by atoms with E-state index in [1.54, 1.807) is 0 Å².